The summed E-state index contributed by atoms with van der Waals surface area (Å²) in [5, 5.41) is 18.3. The van der Waals surface area contributed by atoms with Gasteiger partial charge in [-0.05, 0) is 18.6 Å². The molecule has 5 heteroatoms. The summed E-state index contributed by atoms with van der Waals surface area (Å²) in [6.45, 7) is 1.66. The van der Waals surface area contributed by atoms with Gasteiger partial charge >= 0.3 is 5.97 Å². The summed E-state index contributed by atoms with van der Waals surface area (Å²) in [5.41, 5.74) is 0.0943. The third-order valence-corrected chi connectivity index (χ3v) is 2.60. The van der Waals surface area contributed by atoms with Crippen molar-refractivity contribution >= 4 is 21.9 Å². The van der Waals surface area contributed by atoms with Crippen molar-refractivity contribution in [3.8, 4) is 5.75 Å². The lowest BCUT2D eigenvalue weighted by molar-refractivity contribution is -0.138. The normalized spacial score (nSPS) is 12.5. The molecule has 0 aliphatic carbocycles. The molecule has 0 aliphatic heterocycles. The maximum Gasteiger partial charge on any atom is 0.311 e. The van der Waals surface area contributed by atoms with Gasteiger partial charge in [-0.15, -0.1) is 0 Å². The van der Waals surface area contributed by atoms with Crippen LogP contribution in [-0.4, -0.2) is 16.2 Å². The number of benzene rings is 1. The Hall–Kier alpha value is -1.10. The van der Waals surface area contributed by atoms with Crippen LogP contribution in [0, 0.1) is 5.82 Å². The Bertz CT molecular complexity index is 392. The van der Waals surface area contributed by atoms with Gasteiger partial charge in [0.25, 0.3) is 0 Å². The minimum Gasteiger partial charge on any atom is -0.505 e. The van der Waals surface area contributed by atoms with Crippen LogP contribution in [-0.2, 0) is 4.79 Å². The van der Waals surface area contributed by atoms with Gasteiger partial charge in [-0.2, -0.15) is 0 Å². The van der Waals surface area contributed by atoms with E-state index in [2.05, 4.69) is 15.9 Å². The highest BCUT2D eigenvalue weighted by Crippen LogP contribution is 2.33. The Morgan fingerprint density at radius 1 is 1.60 bits per heavy atom. The Morgan fingerprint density at radius 3 is 2.67 bits per heavy atom. The van der Waals surface area contributed by atoms with Crippen LogP contribution < -0.4 is 0 Å². The number of phenols is 1. The van der Waals surface area contributed by atoms with E-state index in [-0.39, 0.29) is 5.56 Å². The van der Waals surface area contributed by atoms with Crippen molar-refractivity contribution in [1.82, 2.24) is 0 Å². The number of aromatic hydroxyl groups is 1. The van der Waals surface area contributed by atoms with Crippen LogP contribution in [0.5, 0.6) is 5.75 Å². The largest absolute Gasteiger partial charge is 0.505 e. The molecule has 0 radical (unpaired) electrons. The molecule has 0 saturated heterocycles. The zero-order valence-corrected chi connectivity index (χ0v) is 9.58. The highest BCUT2D eigenvalue weighted by atomic mass is 79.9. The molecule has 1 atom stereocenters. The SMILES string of the molecule is CCC(C(=O)O)c1cc(Br)cc(F)c1O. The van der Waals surface area contributed by atoms with Gasteiger partial charge in [0.05, 0.1) is 5.92 Å². The minimum absolute atomic E-state index is 0.0943. The Morgan fingerprint density at radius 2 is 2.20 bits per heavy atom. The van der Waals surface area contributed by atoms with Crippen molar-refractivity contribution < 1.29 is 19.4 Å². The second-order valence-corrected chi connectivity index (χ2v) is 4.04. The van der Waals surface area contributed by atoms with E-state index < -0.39 is 23.5 Å². The van der Waals surface area contributed by atoms with Crippen molar-refractivity contribution in [2.24, 2.45) is 0 Å². The number of phenolic OH excluding ortho intramolecular Hbond substituents is 1. The fourth-order valence-corrected chi connectivity index (χ4v) is 1.83. The zero-order chi connectivity index (χ0) is 11.6. The van der Waals surface area contributed by atoms with Crippen LogP contribution >= 0.6 is 15.9 Å². The smallest absolute Gasteiger partial charge is 0.311 e. The number of hydrogen-bond acceptors (Lipinski definition) is 2. The van der Waals surface area contributed by atoms with Crippen LogP contribution in [0.1, 0.15) is 24.8 Å². The molecule has 0 bridgehead atoms. The van der Waals surface area contributed by atoms with Crippen LogP contribution in [0.3, 0.4) is 0 Å². The fourth-order valence-electron chi connectivity index (χ4n) is 1.38. The van der Waals surface area contributed by atoms with Gasteiger partial charge in [-0.1, -0.05) is 22.9 Å². The predicted octanol–water partition coefficient (Wildman–Crippen LogP) is 2.87. The molecule has 0 amide bonds. The molecule has 0 aliphatic rings. The van der Waals surface area contributed by atoms with E-state index in [4.69, 9.17) is 5.11 Å². The lowest BCUT2D eigenvalue weighted by Gasteiger charge is -2.12. The summed E-state index contributed by atoms with van der Waals surface area (Å²) >= 11 is 3.05. The third-order valence-electron chi connectivity index (χ3n) is 2.14. The van der Waals surface area contributed by atoms with Crippen molar-refractivity contribution in [2.45, 2.75) is 19.3 Å². The Balaban J connectivity index is 3.28. The molecule has 1 unspecified atom stereocenters. The quantitative estimate of drug-likeness (QED) is 0.893. The molecule has 82 valence electrons. The van der Waals surface area contributed by atoms with Gasteiger partial charge in [0.2, 0.25) is 0 Å². The van der Waals surface area contributed by atoms with E-state index in [1.807, 2.05) is 0 Å². The van der Waals surface area contributed by atoms with Gasteiger partial charge in [-0.25, -0.2) is 4.39 Å². The van der Waals surface area contributed by atoms with E-state index in [9.17, 15) is 14.3 Å². The van der Waals surface area contributed by atoms with E-state index in [0.29, 0.717) is 10.9 Å². The van der Waals surface area contributed by atoms with Crippen LogP contribution in [0.4, 0.5) is 4.39 Å². The summed E-state index contributed by atoms with van der Waals surface area (Å²) in [6, 6.07) is 2.51. The second-order valence-electron chi connectivity index (χ2n) is 3.12. The lowest BCUT2D eigenvalue weighted by atomic mass is 9.96. The molecular formula is C10H10BrFO3. The average Bonchev–Trinajstić information content (AvgIpc) is 2.13. The Kier molecular flexibility index (Phi) is 3.68. The topological polar surface area (TPSA) is 57.5 Å². The van der Waals surface area contributed by atoms with Gasteiger partial charge in [0, 0.05) is 10.0 Å². The molecule has 2 N–H and O–H groups in total. The number of carboxylic acids is 1. The lowest BCUT2D eigenvalue weighted by Crippen LogP contribution is -2.11. The van der Waals surface area contributed by atoms with Crippen molar-refractivity contribution in [3.05, 3.63) is 28.0 Å². The molecule has 0 heterocycles. The van der Waals surface area contributed by atoms with Crippen molar-refractivity contribution in [3.63, 3.8) is 0 Å². The van der Waals surface area contributed by atoms with Crippen LogP contribution in [0.15, 0.2) is 16.6 Å². The molecule has 3 nitrogen and oxygen atoms in total. The molecule has 1 aromatic rings. The number of rotatable bonds is 3. The minimum atomic E-state index is -1.08. The van der Waals surface area contributed by atoms with E-state index >= 15 is 0 Å². The molecule has 1 rings (SSSR count). The molecule has 0 fully saturated rings. The number of carbonyl (C=O) groups is 1. The van der Waals surface area contributed by atoms with Crippen molar-refractivity contribution in [2.75, 3.05) is 0 Å². The van der Waals surface area contributed by atoms with Gasteiger partial charge in [0.15, 0.2) is 11.6 Å². The molecule has 0 spiro atoms. The molecule has 1 aromatic carbocycles. The first-order chi connectivity index (χ1) is 6.97. The first kappa shape index (κ1) is 12.0. The molecule has 0 saturated carbocycles. The van der Waals surface area contributed by atoms with Gasteiger partial charge in [0.1, 0.15) is 0 Å². The molecule has 15 heavy (non-hydrogen) atoms. The van der Waals surface area contributed by atoms with E-state index in [1.54, 1.807) is 6.92 Å². The second kappa shape index (κ2) is 4.61. The van der Waals surface area contributed by atoms with Crippen LogP contribution in [0.2, 0.25) is 0 Å². The fraction of sp³-hybridized carbons (Fsp3) is 0.300. The third kappa shape index (κ3) is 2.47. The maximum atomic E-state index is 13.1. The highest BCUT2D eigenvalue weighted by molar-refractivity contribution is 9.10. The van der Waals surface area contributed by atoms with Crippen molar-refractivity contribution in [1.29, 1.82) is 0 Å². The summed E-state index contributed by atoms with van der Waals surface area (Å²) in [5.74, 6) is -3.38. The van der Waals surface area contributed by atoms with Gasteiger partial charge in [-0.3, -0.25) is 4.79 Å². The highest BCUT2D eigenvalue weighted by Gasteiger charge is 2.23. The number of carboxylic acid groups (broad SMARTS) is 1. The average molecular weight is 277 g/mol. The summed E-state index contributed by atoms with van der Waals surface area (Å²) < 4.78 is 13.5. The first-order valence-corrected chi connectivity index (χ1v) is 5.17. The standard InChI is InChI=1S/C10H10BrFO3/c1-2-6(10(14)15)7-3-5(11)4-8(12)9(7)13/h3-4,6,13H,2H2,1H3,(H,14,15). The van der Waals surface area contributed by atoms with Gasteiger partial charge < -0.3 is 10.2 Å². The summed E-state index contributed by atoms with van der Waals surface area (Å²) in [4.78, 5) is 10.9. The Labute approximate surface area is 94.7 Å². The summed E-state index contributed by atoms with van der Waals surface area (Å²) in [6.07, 6.45) is 0.290. The number of hydrogen-bond donors (Lipinski definition) is 2. The summed E-state index contributed by atoms with van der Waals surface area (Å²) in [7, 11) is 0. The molecule has 0 aromatic heterocycles. The van der Waals surface area contributed by atoms with E-state index in [1.165, 1.54) is 6.07 Å². The molecular weight excluding hydrogens is 267 g/mol. The first-order valence-electron chi connectivity index (χ1n) is 4.38. The monoisotopic (exact) mass is 276 g/mol. The van der Waals surface area contributed by atoms with Crippen LogP contribution in [0.25, 0.3) is 0 Å². The zero-order valence-electron chi connectivity index (χ0n) is 8.00. The number of halogens is 2. The predicted molar refractivity (Wildman–Crippen MR) is 56.4 cm³/mol. The number of aliphatic carboxylic acids is 1. The maximum absolute atomic E-state index is 13.1. The van der Waals surface area contributed by atoms with E-state index in [0.717, 1.165) is 6.07 Å².